The first kappa shape index (κ1) is 13.9. The van der Waals surface area contributed by atoms with Crippen LogP contribution in [0.1, 0.15) is 13.3 Å². The Bertz CT molecular complexity index is 560. The molecule has 100 valence electrons. The van der Waals surface area contributed by atoms with Crippen molar-refractivity contribution in [2.75, 3.05) is 17.2 Å². The Hall–Kier alpha value is -1.52. The first-order valence-corrected chi connectivity index (χ1v) is 6.73. The molecule has 0 aliphatic carbocycles. The van der Waals surface area contributed by atoms with Crippen molar-refractivity contribution in [1.82, 2.24) is 9.97 Å². The van der Waals surface area contributed by atoms with Crippen LogP contribution in [0.5, 0.6) is 0 Å². The molecule has 0 aliphatic heterocycles. The van der Waals surface area contributed by atoms with Crippen molar-refractivity contribution in [1.29, 1.82) is 0 Å². The van der Waals surface area contributed by atoms with Crippen molar-refractivity contribution >= 4 is 40.5 Å². The molecule has 1 aromatic heterocycles. The van der Waals surface area contributed by atoms with E-state index in [1.165, 1.54) is 6.33 Å². The van der Waals surface area contributed by atoms with Crippen LogP contribution in [0.2, 0.25) is 10.0 Å². The molecule has 2 rings (SSSR count). The molecular weight excluding hydrogens is 283 g/mol. The topological polar surface area (TPSA) is 49.8 Å². The number of anilines is 3. The molecule has 1 aromatic carbocycles. The fraction of sp³-hybridized carbons (Fsp3) is 0.231. The van der Waals surface area contributed by atoms with Gasteiger partial charge in [0.1, 0.15) is 18.0 Å². The van der Waals surface area contributed by atoms with Crippen LogP contribution in [0.15, 0.2) is 30.6 Å². The molecule has 0 aliphatic rings. The van der Waals surface area contributed by atoms with E-state index in [0.29, 0.717) is 21.6 Å². The highest BCUT2D eigenvalue weighted by molar-refractivity contribution is 6.43. The maximum atomic E-state index is 6.11. The minimum absolute atomic E-state index is 0.478. The summed E-state index contributed by atoms with van der Waals surface area (Å²) in [7, 11) is 0. The number of benzene rings is 1. The highest BCUT2D eigenvalue weighted by Gasteiger charge is 2.05. The lowest BCUT2D eigenvalue weighted by Gasteiger charge is -2.10. The lowest BCUT2D eigenvalue weighted by molar-refractivity contribution is 0.965. The second kappa shape index (κ2) is 6.59. The van der Waals surface area contributed by atoms with E-state index in [9.17, 15) is 0 Å². The first-order chi connectivity index (χ1) is 9.20. The van der Waals surface area contributed by atoms with Crippen LogP contribution in [0.3, 0.4) is 0 Å². The van der Waals surface area contributed by atoms with Crippen LogP contribution >= 0.6 is 23.2 Å². The second-order valence-electron chi connectivity index (χ2n) is 3.94. The average Bonchev–Trinajstić information content (AvgIpc) is 2.42. The highest BCUT2D eigenvalue weighted by atomic mass is 35.5. The Labute approximate surface area is 122 Å². The molecule has 0 spiro atoms. The number of nitrogens with zero attached hydrogens (tertiary/aromatic N) is 2. The summed E-state index contributed by atoms with van der Waals surface area (Å²) in [6.07, 6.45) is 2.53. The van der Waals surface area contributed by atoms with Gasteiger partial charge in [0.05, 0.1) is 15.7 Å². The van der Waals surface area contributed by atoms with E-state index >= 15 is 0 Å². The quantitative estimate of drug-likeness (QED) is 0.861. The summed E-state index contributed by atoms with van der Waals surface area (Å²) in [5, 5.41) is 7.30. The SMILES string of the molecule is CCCNc1cc(Nc2cccc(Cl)c2Cl)ncn1. The van der Waals surface area contributed by atoms with Gasteiger partial charge in [0.25, 0.3) is 0 Å². The van der Waals surface area contributed by atoms with Gasteiger partial charge in [0, 0.05) is 12.6 Å². The standard InChI is InChI=1S/C13H14Cl2N4/c1-2-6-16-11-7-12(18-8-17-11)19-10-5-3-4-9(14)13(10)15/h3-5,7-8H,2,6H2,1H3,(H2,16,17,18,19). The van der Waals surface area contributed by atoms with E-state index in [2.05, 4.69) is 27.5 Å². The highest BCUT2D eigenvalue weighted by Crippen LogP contribution is 2.31. The number of hydrogen-bond acceptors (Lipinski definition) is 4. The van der Waals surface area contributed by atoms with Crippen molar-refractivity contribution < 1.29 is 0 Å². The molecule has 0 saturated heterocycles. The normalized spacial score (nSPS) is 10.3. The molecule has 6 heteroatoms. The lowest BCUT2D eigenvalue weighted by atomic mass is 10.3. The zero-order chi connectivity index (χ0) is 13.7. The van der Waals surface area contributed by atoms with E-state index in [4.69, 9.17) is 23.2 Å². The van der Waals surface area contributed by atoms with Crippen molar-refractivity contribution in [3.8, 4) is 0 Å². The fourth-order valence-electron chi connectivity index (χ4n) is 1.51. The molecule has 4 nitrogen and oxygen atoms in total. The zero-order valence-corrected chi connectivity index (χ0v) is 12.0. The van der Waals surface area contributed by atoms with Gasteiger partial charge in [-0.3, -0.25) is 0 Å². The Kier molecular flexibility index (Phi) is 4.82. The van der Waals surface area contributed by atoms with Crippen LogP contribution in [-0.2, 0) is 0 Å². The van der Waals surface area contributed by atoms with Crippen LogP contribution in [0, 0.1) is 0 Å². The molecule has 2 aromatic rings. The molecule has 0 fully saturated rings. The van der Waals surface area contributed by atoms with Crippen LogP contribution in [-0.4, -0.2) is 16.5 Å². The van der Waals surface area contributed by atoms with Crippen LogP contribution in [0.25, 0.3) is 0 Å². The molecule has 19 heavy (non-hydrogen) atoms. The summed E-state index contributed by atoms with van der Waals surface area (Å²) in [6, 6.07) is 7.24. The van der Waals surface area contributed by atoms with E-state index < -0.39 is 0 Å². The maximum absolute atomic E-state index is 6.11. The van der Waals surface area contributed by atoms with Gasteiger partial charge >= 0.3 is 0 Å². The van der Waals surface area contributed by atoms with Gasteiger partial charge in [-0.25, -0.2) is 9.97 Å². The van der Waals surface area contributed by atoms with E-state index in [1.54, 1.807) is 6.07 Å². The monoisotopic (exact) mass is 296 g/mol. The van der Waals surface area contributed by atoms with Crippen molar-refractivity contribution in [3.63, 3.8) is 0 Å². The molecule has 0 saturated carbocycles. The van der Waals surface area contributed by atoms with Gasteiger partial charge in [-0.15, -0.1) is 0 Å². The summed E-state index contributed by atoms with van der Waals surface area (Å²) in [6.45, 7) is 2.97. The summed E-state index contributed by atoms with van der Waals surface area (Å²) >= 11 is 12.1. The molecule has 0 radical (unpaired) electrons. The number of aromatic nitrogens is 2. The van der Waals surface area contributed by atoms with Gasteiger partial charge in [0.2, 0.25) is 0 Å². The van der Waals surface area contributed by atoms with Crippen molar-refractivity contribution in [2.24, 2.45) is 0 Å². The van der Waals surface area contributed by atoms with Gasteiger partial charge in [-0.05, 0) is 18.6 Å². The Morgan fingerprint density at radius 1 is 1.16 bits per heavy atom. The Morgan fingerprint density at radius 3 is 2.74 bits per heavy atom. The molecule has 0 bridgehead atoms. The third-order valence-corrected chi connectivity index (χ3v) is 3.26. The van der Waals surface area contributed by atoms with Crippen molar-refractivity contribution in [3.05, 3.63) is 40.6 Å². The largest absolute Gasteiger partial charge is 0.370 e. The summed E-state index contributed by atoms with van der Waals surface area (Å²) in [5.74, 6) is 1.44. The van der Waals surface area contributed by atoms with E-state index in [-0.39, 0.29) is 0 Å². The van der Waals surface area contributed by atoms with Crippen molar-refractivity contribution in [2.45, 2.75) is 13.3 Å². The van der Waals surface area contributed by atoms with Crippen LogP contribution in [0.4, 0.5) is 17.3 Å². The van der Waals surface area contributed by atoms with E-state index in [0.717, 1.165) is 18.8 Å². The van der Waals surface area contributed by atoms with E-state index in [1.807, 2.05) is 18.2 Å². The van der Waals surface area contributed by atoms with Crippen LogP contribution < -0.4 is 10.6 Å². The summed E-state index contributed by atoms with van der Waals surface area (Å²) in [4.78, 5) is 8.29. The number of halogens is 2. The third-order valence-electron chi connectivity index (χ3n) is 2.44. The first-order valence-electron chi connectivity index (χ1n) is 5.97. The molecule has 1 heterocycles. The number of nitrogens with one attached hydrogen (secondary N) is 2. The molecule has 0 atom stereocenters. The number of hydrogen-bond donors (Lipinski definition) is 2. The smallest absolute Gasteiger partial charge is 0.135 e. The minimum Gasteiger partial charge on any atom is -0.370 e. The second-order valence-corrected chi connectivity index (χ2v) is 4.73. The van der Waals surface area contributed by atoms with Gasteiger partial charge in [-0.2, -0.15) is 0 Å². The van der Waals surface area contributed by atoms with Gasteiger partial charge < -0.3 is 10.6 Å². The average molecular weight is 297 g/mol. The summed E-state index contributed by atoms with van der Waals surface area (Å²) in [5.41, 5.74) is 0.717. The minimum atomic E-state index is 0.478. The van der Waals surface area contributed by atoms with Gasteiger partial charge in [0.15, 0.2) is 0 Å². The predicted octanol–water partition coefficient (Wildman–Crippen LogP) is 4.35. The fourth-order valence-corrected chi connectivity index (χ4v) is 1.86. The predicted molar refractivity (Wildman–Crippen MR) is 80.6 cm³/mol. The lowest BCUT2D eigenvalue weighted by Crippen LogP contribution is -2.03. The Balaban J connectivity index is 2.16. The molecule has 0 unspecified atom stereocenters. The molecule has 2 N–H and O–H groups in total. The molecular formula is C13H14Cl2N4. The molecule has 0 amide bonds. The number of rotatable bonds is 5. The van der Waals surface area contributed by atoms with Gasteiger partial charge in [-0.1, -0.05) is 36.2 Å². The summed E-state index contributed by atoms with van der Waals surface area (Å²) < 4.78 is 0. The zero-order valence-electron chi connectivity index (χ0n) is 10.5. The third kappa shape index (κ3) is 3.72. The Morgan fingerprint density at radius 2 is 1.95 bits per heavy atom. The maximum Gasteiger partial charge on any atom is 0.135 e.